The van der Waals surface area contributed by atoms with E-state index in [0.29, 0.717) is 36.9 Å². The van der Waals surface area contributed by atoms with Gasteiger partial charge in [-0.15, -0.1) is 0 Å². The molecule has 0 radical (unpaired) electrons. The van der Waals surface area contributed by atoms with E-state index in [1.807, 2.05) is 16.0 Å². The van der Waals surface area contributed by atoms with Crippen LogP contribution in [-0.4, -0.2) is 30.3 Å². The molecule has 3 rings (SSSR count). The molecular weight excluding hydrogens is 427 g/mol. The lowest BCUT2D eigenvalue weighted by Gasteiger charge is -2.42. The van der Waals surface area contributed by atoms with E-state index in [-0.39, 0.29) is 29.2 Å². The number of nitrogens with zero attached hydrogens (tertiary/aromatic N) is 3. The van der Waals surface area contributed by atoms with Crippen LogP contribution in [0.5, 0.6) is 0 Å². The van der Waals surface area contributed by atoms with Crippen LogP contribution in [0.4, 0.5) is 18.9 Å². The molecule has 1 aliphatic rings. The van der Waals surface area contributed by atoms with Gasteiger partial charge in [0.1, 0.15) is 11.9 Å². The van der Waals surface area contributed by atoms with Gasteiger partial charge in [-0.1, -0.05) is 25.4 Å². The Morgan fingerprint density at radius 3 is 2.52 bits per heavy atom. The van der Waals surface area contributed by atoms with Crippen LogP contribution in [0.1, 0.15) is 44.2 Å². The third kappa shape index (κ3) is 5.32. The molecule has 31 heavy (non-hydrogen) atoms. The summed E-state index contributed by atoms with van der Waals surface area (Å²) in [6.45, 7) is 5.26. The summed E-state index contributed by atoms with van der Waals surface area (Å²) in [5, 5.41) is 11.4. The van der Waals surface area contributed by atoms with Crippen molar-refractivity contribution in [1.82, 2.24) is 5.06 Å². The van der Waals surface area contributed by atoms with E-state index >= 15 is 0 Å². The molecule has 0 bridgehead atoms. The molecule has 1 aliphatic heterocycles. The van der Waals surface area contributed by atoms with Gasteiger partial charge in [0.05, 0.1) is 17.2 Å². The van der Waals surface area contributed by atoms with E-state index in [1.54, 1.807) is 18.2 Å². The van der Waals surface area contributed by atoms with E-state index in [0.717, 1.165) is 18.9 Å². The summed E-state index contributed by atoms with van der Waals surface area (Å²) in [6.07, 6.45) is 2.51. The second-order valence-electron chi connectivity index (χ2n) is 7.61. The van der Waals surface area contributed by atoms with E-state index in [9.17, 15) is 18.4 Å². The van der Waals surface area contributed by atoms with Gasteiger partial charge >= 0.3 is 0 Å². The Morgan fingerprint density at radius 2 is 1.87 bits per heavy atom. The molecule has 1 atom stereocenters. The Morgan fingerprint density at radius 1 is 1.16 bits per heavy atom. The highest BCUT2D eigenvalue weighted by atomic mass is 35.5. The third-order valence-electron chi connectivity index (χ3n) is 5.72. The Kier molecular flexibility index (Phi) is 7.82. The minimum atomic E-state index is -1.22. The van der Waals surface area contributed by atoms with Gasteiger partial charge in [0.2, 0.25) is 0 Å². The van der Waals surface area contributed by atoms with Crippen LogP contribution in [-0.2, 0) is 11.4 Å². The highest BCUT2D eigenvalue weighted by Gasteiger charge is 2.30. The maximum absolute atomic E-state index is 14.4. The summed E-state index contributed by atoms with van der Waals surface area (Å²) < 4.78 is 41.7. The Balaban J connectivity index is 1.97. The van der Waals surface area contributed by atoms with E-state index in [4.69, 9.17) is 16.4 Å². The smallest absolute Gasteiger partial charge is 0.161 e. The third-order valence-corrected chi connectivity index (χ3v) is 6.04. The van der Waals surface area contributed by atoms with Gasteiger partial charge in [-0.3, -0.25) is 4.84 Å². The molecule has 0 aliphatic carbocycles. The summed E-state index contributed by atoms with van der Waals surface area (Å²) in [5.41, 5.74) is 1.04. The number of rotatable bonds is 7. The van der Waals surface area contributed by atoms with Gasteiger partial charge in [0.15, 0.2) is 11.6 Å². The van der Waals surface area contributed by atoms with Crippen LogP contribution in [0.15, 0.2) is 30.3 Å². The average molecular weight is 452 g/mol. The van der Waals surface area contributed by atoms with Crippen molar-refractivity contribution in [1.29, 1.82) is 5.26 Å². The first-order valence-corrected chi connectivity index (χ1v) is 10.7. The van der Waals surface area contributed by atoms with Crippen molar-refractivity contribution < 1.29 is 18.0 Å². The summed E-state index contributed by atoms with van der Waals surface area (Å²) in [5.74, 6) is -3.13. The Labute approximate surface area is 185 Å². The van der Waals surface area contributed by atoms with Crippen LogP contribution in [0.2, 0.25) is 5.02 Å². The number of halogens is 4. The molecule has 0 unspecified atom stereocenters. The van der Waals surface area contributed by atoms with Crippen molar-refractivity contribution in [3.63, 3.8) is 0 Å². The van der Waals surface area contributed by atoms with Crippen LogP contribution < -0.4 is 4.90 Å². The number of hydrogen-bond donors (Lipinski definition) is 0. The molecule has 166 valence electrons. The van der Waals surface area contributed by atoms with Crippen molar-refractivity contribution in [2.75, 3.05) is 18.1 Å². The fourth-order valence-electron chi connectivity index (χ4n) is 3.94. The molecule has 0 N–H and O–H groups in total. The van der Waals surface area contributed by atoms with Gasteiger partial charge in [-0.2, -0.15) is 10.3 Å². The summed E-state index contributed by atoms with van der Waals surface area (Å²) in [4.78, 5) is 7.78. The lowest BCUT2D eigenvalue weighted by molar-refractivity contribution is -0.211. The Hall–Kier alpha value is -2.27. The molecule has 4 nitrogen and oxygen atoms in total. The standard InChI is InChI=1S/C23H25ClF3N3O/c1-3-17(4-2)30-14-19(7-8-31-30)29(18-6-5-15(12-28)20(24)10-18)13-16-9-22(26)23(27)11-21(16)25/h5-6,9-11,17,19H,3-4,7-8,13-14H2,1-2H3/t19-/m0/s1. The minimum Gasteiger partial charge on any atom is -0.363 e. The van der Waals surface area contributed by atoms with Gasteiger partial charge in [-0.25, -0.2) is 13.2 Å². The van der Waals surface area contributed by atoms with Crippen molar-refractivity contribution >= 4 is 17.3 Å². The van der Waals surface area contributed by atoms with Crippen molar-refractivity contribution in [2.45, 2.75) is 51.7 Å². The molecule has 2 aromatic rings. The van der Waals surface area contributed by atoms with E-state index in [2.05, 4.69) is 13.8 Å². The topological polar surface area (TPSA) is 39.5 Å². The molecule has 0 spiro atoms. The second kappa shape index (κ2) is 10.4. The summed E-state index contributed by atoms with van der Waals surface area (Å²) >= 11 is 6.25. The molecule has 0 amide bonds. The fourth-order valence-corrected chi connectivity index (χ4v) is 4.15. The predicted octanol–water partition coefficient (Wildman–Crippen LogP) is 5.83. The molecule has 1 fully saturated rings. The minimum absolute atomic E-state index is 0.0205. The van der Waals surface area contributed by atoms with Crippen molar-refractivity contribution in [2.24, 2.45) is 0 Å². The number of anilines is 1. The zero-order valence-electron chi connectivity index (χ0n) is 17.5. The highest BCUT2D eigenvalue weighted by molar-refractivity contribution is 6.32. The van der Waals surface area contributed by atoms with Crippen LogP contribution >= 0.6 is 11.6 Å². The van der Waals surface area contributed by atoms with Gasteiger partial charge in [-0.05, 0) is 43.5 Å². The maximum Gasteiger partial charge on any atom is 0.161 e. The quantitative estimate of drug-likeness (QED) is 0.496. The first kappa shape index (κ1) is 23.4. The first-order valence-electron chi connectivity index (χ1n) is 10.4. The fraction of sp³-hybridized carbons (Fsp3) is 0.435. The molecule has 1 heterocycles. The van der Waals surface area contributed by atoms with Gasteiger partial charge in [0.25, 0.3) is 0 Å². The first-order chi connectivity index (χ1) is 14.9. The Bertz CT molecular complexity index is 962. The number of hydrogen-bond acceptors (Lipinski definition) is 4. The van der Waals surface area contributed by atoms with Crippen molar-refractivity contribution in [3.8, 4) is 6.07 Å². The lowest BCUT2D eigenvalue weighted by Crippen LogP contribution is -2.51. The highest BCUT2D eigenvalue weighted by Crippen LogP contribution is 2.30. The summed E-state index contributed by atoms with van der Waals surface area (Å²) in [7, 11) is 0. The molecule has 0 saturated carbocycles. The van der Waals surface area contributed by atoms with Crippen LogP contribution in [0, 0.1) is 28.8 Å². The second-order valence-corrected chi connectivity index (χ2v) is 8.01. The predicted molar refractivity (Wildman–Crippen MR) is 114 cm³/mol. The molecule has 0 aromatic heterocycles. The SMILES string of the molecule is CCC(CC)N1C[C@@H](N(Cc2cc(F)c(F)cc2F)c2ccc(C#N)c(Cl)c2)CCO1. The number of benzene rings is 2. The summed E-state index contributed by atoms with van der Waals surface area (Å²) in [6, 6.07) is 8.63. The van der Waals surface area contributed by atoms with Crippen LogP contribution in [0.25, 0.3) is 0 Å². The van der Waals surface area contributed by atoms with E-state index in [1.165, 1.54) is 0 Å². The van der Waals surface area contributed by atoms with E-state index < -0.39 is 17.5 Å². The van der Waals surface area contributed by atoms with Gasteiger partial charge in [0, 0.05) is 42.5 Å². The monoisotopic (exact) mass is 451 g/mol. The average Bonchev–Trinajstić information content (AvgIpc) is 2.76. The van der Waals surface area contributed by atoms with Crippen LogP contribution in [0.3, 0.4) is 0 Å². The molecule has 1 saturated heterocycles. The normalized spacial score (nSPS) is 17.0. The number of hydroxylamine groups is 2. The van der Waals surface area contributed by atoms with Crippen molar-refractivity contribution in [3.05, 3.63) is 63.9 Å². The zero-order chi connectivity index (χ0) is 22.5. The van der Waals surface area contributed by atoms with Gasteiger partial charge < -0.3 is 4.90 Å². The number of nitriles is 1. The largest absolute Gasteiger partial charge is 0.363 e. The molecule has 2 aromatic carbocycles. The maximum atomic E-state index is 14.4. The lowest BCUT2D eigenvalue weighted by atomic mass is 10.0. The molecular formula is C23H25ClF3N3O. The zero-order valence-corrected chi connectivity index (χ0v) is 18.3. The molecule has 8 heteroatoms.